The predicted molar refractivity (Wildman–Crippen MR) is 61.4 cm³/mol. The molecule has 0 saturated carbocycles. The molecule has 0 radical (unpaired) electrons. The maximum atomic E-state index is 10.6. The highest BCUT2D eigenvalue weighted by atomic mass is 16.4. The smallest absolute Gasteiger partial charge is 0.306 e. The fraction of sp³-hybridized carbons (Fsp3) is 0.545. The normalized spacial score (nSPS) is 12.2. The second kappa shape index (κ2) is 5.44. The van der Waals surface area contributed by atoms with Gasteiger partial charge < -0.3 is 10.4 Å². The van der Waals surface area contributed by atoms with E-state index in [4.69, 9.17) is 5.11 Å². The van der Waals surface area contributed by atoms with Gasteiger partial charge >= 0.3 is 5.97 Å². The van der Waals surface area contributed by atoms with Crippen LogP contribution in [0, 0.1) is 19.8 Å². The number of rotatable bonds is 5. The van der Waals surface area contributed by atoms with Crippen LogP contribution in [-0.4, -0.2) is 27.6 Å². The quantitative estimate of drug-likeness (QED) is 0.793. The minimum absolute atomic E-state index is 0.349. The van der Waals surface area contributed by atoms with E-state index < -0.39 is 5.97 Å². The number of nitrogens with zero attached hydrogens (tertiary/aromatic N) is 2. The molecule has 2 N–H and O–H groups in total. The molecule has 0 aliphatic heterocycles. The second-order valence-electron chi connectivity index (χ2n) is 3.93. The summed E-state index contributed by atoms with van der Waals surface area (Å²) in [7, 11) is 0. The lowest BCUT2D eigenvalue weighted by atomic mass is 10.1. The van der Waals surface area contributed by atoms with E-state index in [1.54, 1.807) is 6.92 Å². The molecule has 16 heavy (non-hydrogen) atoms. The molecule has 1 heterocycles. The Labute approximate surface area is 94.9 Å². The number of carboxylic acids is 1. The molecular weight excluding hydrogens is 206 g/mol. The molecule has 5 nitrogen and oxygen atoms in total. The molecular formula is C11H17N3O2. The standard InChI is InChI=1S/C11H17N3O2/c1-7(10(15)16)4-5-12-11-13-8(2)6-9(3)14-11/h6-7H,4-5H2,1-3H3,(H,15,16)(H,12,13,14). The van der Waals surface area contributed by atoms with Crippen LogP contribution in [0.25, 0.3) is 0 Å². The molecule has 5 heteroatoms. The minimum atomic E-state index is -0.775. The number of carboxylic acid groups (broad SMARTS) is 1. The first-order valence-corrected chi connectivity index (χ1v) is 5.28. The van der Waals surface area contributed by atoms with Gasteiger partial charge in [-0.15, -0.1) is 0 Å². The molecule has 0 aliphatic carbocycles. The van der Waals surface area contributed by atoms with E-state index in [-0.39, 0.29) is 5.92 Å². The Bertz CT molecular complexity index is 359. The van der Waals surface area contributed by atoms with Gasteiger partial charge in [0.25, 0.3) is 0 Å². The average Bonchev–Trinajstić information content (AvgIpc) is 2.15. The van der Waals surface area contributed by atoms with Crippen molar-refractivity contribution in [3.63, 3.8) is 0 Å². The van der Waals surface area contributed by atoms with Gasteiger partial charge in [-0.2, -0.15) is 0 Å². The molecule has 1 aromatic heterocycles. The first-order valence-electron chi connectivity index (χ1n) is 5.28. The van der Waals surface area contributed by atoms with Crippen LogP contribution < -0.4 is 5.32 Å². The lowest BCUT2D eigenvalue weighted by Crippen LogP contribution is -2.15. The fourth-order valence-corrected chi connectivity index (χ4v) is 1.33. The highest BCUT2D eigenvalue weighted by molar-refractivity contribution is 5.69. The highest BCUT2D eigenvalue weighted by Gasteiger charge is 2.10. The molecule has 1 aromatic rings. The maximum absolute atomic E-state index is 10.6. The van der Waals surface area contributed by atoms with E-state index in [0.717, 1.165) is 11.4 Å². The van der Waals surface area contributed by atoms with Crippen molar-refractivity contribution in [2.24, 2.45) is 5.92 Å². The van der Waals surface area contributed by atoms with Crippen molar-refractivity contribution in [1.82, 2.24) is 9.97 Å². The lowest BCUT2D eigenvalue weighted by Gasteiger charge is -2.08. The molecule has 0 spiro atoms. The van der Waals surface area contributed by atoms with Crippen molar-refractivity contribution in [2.75, 3.05) is 11.9 Å². The van der Waals surface area contributed by atoms with Gasteiger partial charge in [0.15, 0.2) is 0 Å². The number of carbonyl (C=O) groups is 1. The number of hydrogen-bond acceptors (Lipinski definition) is 4. The summed E-state index contributed by atoms with van der Waals surface area (Å²) in [5.41, 5.74) is 1.81. The number of nitrogens with one attached hydrogen (secondary N) is 1. The molecule has 88 valence electrons. The van der Waals surface area contributed by atoms with E-state index in [9.17, 15) is 4.79 Å². The Morgan fingerprint density at radius 2 is 2.00 bits per heavy atom. The molecule has 0 aliphatic rings. The molecule has 0 bridgehead atoms. The van der Waals surface area contributed by atoms with E-state index in [0.29, 0.717) is 18.9 Å². The van der Waals surface area contributed by atoms with Gasteiger partial charge in [-0.05, 0) is 26.3 Å². The number of hydrogen-bond donors (Lipinski definition) is 2. The summed E-state index contributed by atoms with van der Waals surface area (Å²) in [6.07, 6.45) is 0.561. The molecule has 0 aromatic carbocycles. The van der Waals surface area contributed by atoms with Crippen LogP contribution >= 0.6 is 0 Å². The first kappa shape index (κ1) is 12.4. The van der Waals surface area contributed by atoms with Crippen molar-refractivity contribution in [2.45, 2.75) is 27.2 Å². The predicted octanol–water partition coefficient (Wildman–Crippen LogP) is 1.62. The Hall–Kier alpha value is -1.65. The lowest BCUT2D eigenvalue weighted by molar-refractivity contribution is -0.141. The third kappa shape index (κ3) is 3.84. The summed E-state index contributed by atoms with van der Waals surface area (Å²) in [5, 5.41) is 11.7. The van der Waals surface area contributed by atoms with Gasteiger partial charge in [-0.3, -0.25) is 4.79 Å². The van der Waals surface area contributed by atoms with Gasteiger partial charge in [0.1, 0.15) is 0 Å². The number of aliphatic carboxylic acids is 1. The van der Waals surface area contributed by atoms with E-state index in [1.807, 2.05) is 19.9 Å². The summed E-state index contributed by atoms with van der Waals surface area (Å²) in [5.74, 6) is -0.559. The van der Waals surface area contributed by atoms with Crippen molar-refractivity contribution in [3.05, 3.63) is 17.5 Å². The molecule has 0 fully saturated rings. The first-order chi connectivity index (χ1) is 7.49. The summed E-state index contributed by atoms with van der Waals surface area (Å²) in [6, 6.07) is 1.89. The third-order valence-electron chi connectivity index (χ3n) is 2.26. The van der Waals surface area contributed by atoms with Crippen molar-refractivity contribution in [3.8, 4) is 0 Å². The van der Waals surface area contributed by atoms with Crippen LogP contribution in [0.5, 0.6) is 0 Å². The van der Waals surface area contributed by atoms with Gasteiger partial charge in [-0.25, -0.2) is 9.97 Å². The van der Waals surface area contributed by atoms with Gasteiger partial charge in [0, 0.05) is 17.9 Å². The zero-order valence-electron chi connectivity index (χ0n) is 9.82. The third-order valence-corrected chi connectivity index (χ3v) is 2.26. The minimum Gasteiger partial charge on any atom is -0.481 e. The van der Waals surface area contributed by atoms with Crippen molar-refractivity contribution in [1.29, 1.82) is 0 Å². The number of aromatic nitrogens is 2. The molecule has 1 atom stereocenters. The van der Waals surface area contributed by atoms with Gasteiger partial charge in [0.05, 0.1) is 5.92 Å². The SMILES string of the molecule is Cc1cc(C)nc(NCCC(C)C(=O)O)n1. The Balaban J connectivity index is 2.46. The Kier molecular flexibility index (Phi) is 4.22. The largest absolute Gasteiger partial charge is 0.481 e. The van der Waals surface area contributed by atoms with E-state index in [2.05, 4.69) is 15.3 Å². The van der Waals surface area contributed by atoms with Crippen LogP contribution in [0.2, 0.25) is 0 Å². The van der Waals surface area contributed by atoms with E-state index >= 15 is 0 Å². The van der Waals surface area contributed by atoms with Crippen LogP contribution in [0.4, 0.5) is 5.95 Å². The zero-order valence-corrected chi connectivity index (χ0v) is 9.82. The summed E-state index contributed by atoms with van der Waals surface area (Å²) < 4.78 is 0. The maximum Gasteiger partial charge on any atom is 0.306 e. The van der Waals surface area contributed by atoms with Gasteiger partial charge in [-0.1, -0.05) is 6.92 Å². The van der Waals surface area contributed by atoms with Gasteiger partial charge in [0.2, 0.25) is 5.95 Å². The summed E-state index contributed by atoms with van der Waals surface area (Å²) in [4.78, 5) is 19.0. The van der Waals surface area contributed by atoms with Crippen LogP contribution in [0.3, 0.4) is 0 Å². The average molecular weight is 223 g/mol. The number of anilines is 1. The molecule has 1 rings (SSSR count). The fourth-order valence-electron chi connectivity index (χ4n) is 1.33. The summed E-state index contributed by atoms with van der Waals surface area (Å²) >= 11 is 0. The Morgan fingerprint density at radius 3 is 2.50 bits per heavy atom. The van der Waals surface area contributed by atoms with Crippen LogP contribution in [-0.2, 0) is 4.79 Å². The second-order valence-corrected chi connectivity index (χ2v) is 3.93. The topological polar surface area (TPSA) is 75.1 Å². The van der Waals surface area contributed by atoms with Crippen LogP contribution in [0.1, 0.15) is 24.7 Å². The molecule has 0 amide bonds. The van der Waals surface area contributed by atoms with Crippen LogP contribution in [0.15, 0.2) is 6.07 Å². The zero-order chi connectivity index (χ0) is 12.1. The monoisotopic (exact) mass is 223 g/mol. The molecule has 1 unspecified atom stereocenters. The summed E-state index contributed by atoms with van der Waals surface area (Å²) in [6.45, 7) is 6.06. The molecule has 0 saturated heterocycles. The van der Waals surface area contributed by atoms with E-state index in [1.165, 1.54) is 0 Å². The Morgan fingerprint density at radius 1 is 1.44 bits per heavy atom. The van der Waals surface area contributed by atoms with Crippen molar-refractivity contribution >= 4 is 11.9 Å². The highest BCUT2D eigenvalue weighted by Crippen LogP contribution is 2.06. The van der Waals surface area contributed by atoms with Crippen molar-refractivity contribution < 1.29 is 9.90 Å². The number of aryl methyl sites for hydroxylation is 2.